The summed E-state index contributed by atoms with van der Waals surface area (Å²) in [4.78, 5) is 0. The van der Waals surface area contributed by atoms with Crippen molar-refractivity contribution in [3.63, 3.8) is 0 Å². The predicted molar refractivity (Wildman–Crippen MR) is 63.6 cm³/mol. The van der Waals surface area contributed by atoms with Gasteiger partial charge in [-0.3, -0.25) is 0 Å². The summed E-state index contributed by atoms with van der Waals surface area (Å²) in [5, 5.41) is 2.10. The first kappa shape index (κ1) is 9.57. The van der Waals surface area contributed by atoms with Crippen molar-refractivity contribution in [3.8, 4) is 0 Å². The van der Waals surface area contributed by atoms with E-state index in [-0.39, 0.29) is 0 Å². The minimum absolute atomic E-state index is 1.01. The van der Waals surface area contributed by atoms with E-state index in [4.69, 9.17) is 0 Å². The van der Waals surface area contributed by atoms with Gasteiger partial charge < -0.3 is 0 Å². The zero-order chi connectivity index (χ0) is 9.71. The molecule has 0 nitrogen and oxygen atoms in total. The van der Waals surface area contributed by atoms with Crippen LogP contribution in [0.2, 0.25) is 0 Å². The zero-order valence-electron chi connectivity index (χ0n) is 9.41. The van der Waals surface area contributed by atoms with Crippen LogP contribution < -0.4 is 0 Å². The van der Waals surface area contributed by atoms with E-state index in [1.54, 1.807) is 6.42 Å². The van der Waals surface area contributed by atoms with Gasteiger partial charge in [-0.05, 0) is 42.9 Å². The Kier molecular flexibility index (Phi) is 2.35. The van der Waals surface area contributed by atoms with Gasteiger partial charge in [-0.25, -0.2) is 0 Å². The highest BCUT2D eigenvalue weighted by Gasteiger charge is 2.52. The second-order valence-corrected chi connectivity index (χ2v) is 7.28. The topological polar surface area (TPSA) is 0 Å². The minimum atomic E-state index is 1.01. The number of fused-ring (bicyclic) bond motifs is 3. The molecule has 2 saturated carbocycles. The number of hydrogen-bond donors (Lipinski definition) is 0. The van der Waals surface area contributed by atoms with Crippen LogP contribution in [-0.4, -0.2) is 10.5 Å². The molecule has 1 heteroatoms. The van der Waals surface area contributed by atoms with Crippen LogP contribution in [0, 0.1) is 23.7 Å². The van der Waals surface area contributed by atoms with Crippen LogP contribution in [0.1, 0.15) is 46.0 Å². The third kappa shape index (κ3) is 1.27. The van der Waals surface area contributed by atoms with Crippen molar-refractivity contribution in [1.29, 1.82) is 0 Å². The molecule has 3 rings (SSSR count). The molecule has 0 aromatic carbocycles. The quantitative estimate of drug-likeness (QED) is 0.583. The van der Waals surface area contributed by atoms with Crippen LogP contribution in [0.4, 0.5) is 0 Å². The Labute approximate surface area is 92.2 Å². The highest BCUT2D eigenvalue weighted by molar-refractivity contribution is 8.00. The summed E-state index contributed by atoms with van der Waals surface area (Å²) >= 11 is 2.38. The highest BCUT2D eigenvalue weighted by atomic mass is 32.2. The molecule has 0 aromatic rings. The van der Waals surface area contributed by atoms with Crippen LogP contribution in [-0.2, 0) is 0 Å². The van der Waals surface area contributed by atoms with Crippen LogP contribution in [0.3, 0.4) is 0 Å². The maximum atomic E-state index is 2.51. The summed E-state index contributed by atoms with van der Waals surface area (Å²) < 4.78 is 0. The van der Waals surface area contributed by atoms with Gasteiger partial charge in [0.1, 0.15) is 0 Å². The third-order valence-corrected chi connectivity index (χ3v) is 6.95. The van der Waals surface area contributed by atoms with Gasteiger partial charge in [0.2, 0.25) is 0 Å². The SMILES string of the molecule is CC1CC(C)C2C3CCCCC3SC12. The Morgan fingerprint density at radius 1 is 1.00 bits per heavy atom. The minimum Gasteiger partial charge on any atom is -0.154 e. The van der Waals surface area contributed by atoms with Crippen LogP contribution in [0.25, 0.3) is 0 Å². The van der Waals surface area contributed by atoms with Crippen molar-refractivity contribution in [2.75, 3.05) is 0 Å². The van der Waals surface area contributed by atoms with Gasteiger partial charge in [-0.1, -0.05) is 26.7 Å². The molecule has 1 saturated heterocycles. The fraction of sp³-hybridized carbons (Fsp3) is 1.00. The van der Waals surface area contributed by atoms with Gasteiger partial charge in [0.05, 0.1) is 0 Å². The maximum absolute atomic E-state index is 2.51. The van der Waals surface area contributed by atoms with Gasteiger partial charge in [0, 0.05) is 10.5 Å². The van der Waals surface area contributed by atoms with Gasteiger partial charge in [-0.15, -0.1) is 0 Å². The highest BCUT2D eigenvalue weighted by Crippen LogP contribution is 2.59. The molecule has 0 aromatic heterocycles. The lowest BCUT2D eigenvalue weighted by molar-refractivity contribution is 0.240. The van der Waals surface area contributed by atoms with E-state index in [0.29, 0.717) is 0 Å². The Balaban J connectivity index is 1.83. The number of hydrogen-bond acceptors (Lipinski definition) is 1. The Morgan fingerprint density at radius 2 is 1.79 bits per heavy atom. The third-order valence-electron chi connectivity index (χ3n) is 4.92. The second kappa shape index (κ2) is 3.43. The monoisotopic (exact) mass is 210 g/mol. The summed E-state index contributed by atoms with van der Waals surface area (Å²) in [6.07, 6.45) is 7.62. The van der Waals surface area contributed by atoms with E-state index in [9.17, 15) is 0 Å². The summed E-state index contributed by atoms with van der Waals surface area (Å²) in [5.41, 5.74) is 0. The van der Waals surface area contributed by atoms with Crippen LogP contribution in [0.5, 0.6) is 0 Å². The van der Waals surface area contributed by atoms with Gasteiger partial charge in [0.15, 0.2) is 0 Å². The largest absolute Gasteiger partial charge is 0.154 e. The summed E-state index contributed by atoms with van der Waals surface area (Å²) in [6, 6.07) is 0. The predicted octanol–water partition coefficient (Wildman–Crippen LogP) is 3.95. The molecule has 3 aliphatic rings. The Morgan fingerprint density at radius 3 is 2.64 bits per heavy atom. The maximum Gasteiger partial charge on any atom is 0.0109 e. The van der Waals surface area contributed by atoms with E-state index < -0.39 is 0 Å². The fourth-order valence-electron chi connectivity index (χ4n) is 4.41. The molecular weight excluding hydrogens is 188 g/mol. The first-order chi connectivity index (χ1) is 6.77. The average Bonchev–Trinajstić information content (AvgIpc) is 2.66. The standard InChI is InChI=1S/C13H22S/c1-8-7-9(2)13-12(8)10-5-3-4-6-11(10)14-13/h8-13H,3-7H2,1-2H3. The Bertz CT molecular complexity index is 225. The van der Waals surface area contributed by atoms with E-state index in [0.717, 1.165) is 34.2 Å². The van der Waals surface area contributed by atoms with Crippen molar-refractivity contribution >= 4 is 11.8 Å². The van der Waals surface area contributed by atoms with E-state index >= 15 is 0 Å². The molecule has 80 valence electrons. The molecular formula is C13H22S. The van der Waals surface area contributed by atoms with Crippen molar-refractivity contribution in [2.45, 2.75) is 56.5 Å². The summed E-state index contributed by atoms with van der Waals surface area (Å²) in [5.74, 6) is 4.24. The average molecular weight is 210 g/mol. The van der Waals surface area contributed by atoms with E-state index in [1.165, 1.54) is 25.7 Å². The smallest absolute Gasteiger partial charge is 0.0109 e. The lowest BCUT2D eigenvalue weighted by atomic mass is 9.76. The lowest BCUT2D eigenvalue weighted by Gasteiger charge is -2.29. The molecule has 6 atom stereocenters. The van der Waals surface area contributed by atoms with Gasteiger partial charge in [-0.2, -0.15) is 11.8 Å². The van der Waals surface area contributed by atoms with Crippen molar-refractivity contribution < 1.29 is 0 Å². The normalized spacial score (nSPS) is 57.0. The summed E-state index contributed by atoms with van der Waals surface area (Å²) in [7, 11) is 0. The molecule has 6 unspecified atom stereocenters. The molecule has 0 bridgehead atoms. The number of rotatable bonds is 0. The summed E-state index contributed by atoms with van der Waals surface area (Å²) in [6.45, 7) is 5.00. The van der Waals surface area contributed by atoms with Crippen LogP contribution >= 0.6 is 11.8 Å². The van der Waals surface area contributed by atoms with Gasteiger partial charge in [0.25, 0.3) is 0 Å². The molecule has 3 fully saturated rings. The first-order valence-electron chi connectivity index (χ1n) is 6.43. The molecule has 1 aliphatic heterocycles. The molecule has 1 heterocycles. The fourth-order valence-corrected chi connectivity index (χ4v) is 6.66. The molecule has 0 N–H and O–H groups in total. The van der Waals surface area contributed by atoms with Gasteiger partial charge >= 0.3 is 0 Å². The van der Waals surface area contributed by atoms with Crippen molar-refractivity contribution in [2.24, 2.45) is 23.7 Å². The number of thioether (sulfide) groups is 1. The molecule has 2 aliphatic carbocycles. The van der Waals surface area contributed by atoms with E-state index in [1.807, 2.05) is 0 Å². The molecule has 0 spiro atoms. The molecule has 0 radical (unpaired) electrons. The lowest BCUT2D eigenvalue weighted by Crippen LogP contribution is -2.26. The van der Waals surface area contributed by atoms with Crippen molar-refractivity contribution in [1.82, 2.24) is 0 Å². The molecule has 14 heavy (non-hydrogen) atoms. The zero-order valence-corrected chi connectivity index (χ0v) is 10.2. The first-order valence-corrected chi connectivity index (χ1v) is 7.37. The van der Waals surface area contributed by atoms with Crippen LogP contribution in [0.15, 0.2) is 0 Å². The Hall–Kier alpha value is 0.350. The second-order valence-electron chi connectivity index (χ2n) is 5.86. The molecule has 0 amide bonds. The van der Waals surface area contributed by atoms with E-state index in [2.05, 4.69) is 25.6 Å². The van der Waals surface area contributed by atoms with Crippen molar-refractivity contribution in [3.05, 3.63) is 0 Å².